The zero-order valence-corrected chi connectivity index (χ0v) is 15.8. The number of rotatable bonds is 5. The van der Waals surface area contributed by atoms with Crippen LogP contribution >= 0.6 is 0 Å². The molecule has 0 saturated carbocycles. The van der Waals surface area contributed by atoms with Crippen molar-refractivity contribution in [1.29, 1.82) is 0 Å². The second-order valence-corrected chi connectivity index (χ2v) is 7.03. The predicted molar refractivity (Wildman–Crippen MR) is 108 cm³/mol. The molecule has 1 unspecified atom stereocenters. The van der Waals surface area contributed by atoms with Gasteiger partial charge in [-0.25, -0.2) is 0 Å². The van der Waals surface area contributed by atoms with Crippen LogP contribution in [0, 0.1) is 20.8 Å². The first-order chi connectivity index (χ1) is 12.0. The Morgan fingerprint density at radius 1 is 0.880 bits per heavy atom. The molecule has 2 heteroatoms. The lowest BCUT2D eigenvalue weighted by Crippen LogP contribution is -2.11. The number of nitrogens with one attached hydrogen (secondary N) is 1. The van der Waals surface area contributed by atoms with Crippen LogP contribution in [0.15, 0.2) is 48.5 Å². The molecule has 0 spiro atoms. The number of ether oxygens (including phenoxy) is 1. The van der Waals surface area contributed by atoms with Crippen LogP contribution in [-0.2, 0) is 0 Å². The Morgan fingerprint density at radius 3 is 2.20 bits per heavy atom. The summed E-state index contributed by atoms with van der Waals surface area (Å²) in [5.74, 6) is 1.34. The van der Waals surface area contributed by atoms with Crippen LogP contribution < -0.4 is 10.1 Å². The van der Waals surface area contributed by atoms with Crippen LogP contribution in [0.25, 0.3) is 10.8 Å². The molecule has 3 aromatic rings. The van der Waals surface area contributed by atoms with Gasteiger partial charge in [-0.3, -0.25) is 0 Å². The molecule has 0 aromatic heterocycles. The van der Waals surface area contributed by atoms with E-state index in [1.54, 1.807) is 7.11 Å². The van der Waals surface area contributed by atoms with Gasteiger partial charge in [-0.2, -0.15) is 0 Å². The highest BCUT2D eigenvalue weighted by Crippen LogP contribution is 2.27. The van der Waals surface area contributed by atoms with E-state index in [0.717, 1.165) is 12.3 Å². The van der Waals surface area contributed by atoms with Crippen molar-refractivity contribution in [2.45, 2.75) is 33.6 Å². The first-order valence-corrected chi connectivity index (χ1v) is 8.87. The molecule has 0 aliphatic carbocycles. The van der Waals surface area contributed by atoms with Crippen molar-refractivity contribution in [3.8, 4) is 5.75 Å². The fraction of sp³-hybridized carbons (Fsp3) is 0.304. The van der Waals surface area contributed by atoms with E-state index < -0.39 is 0 Å². The Labute approximate surface area is 150 Å². The van der Waals surface area contributed by atoms with Gasteiger partial charge in [-0.1, -0.05) is 48.9 Å². The average Bonchev–Trinajstić information content (AvgIpc) is 2.59. The molecule has 0 amide bonds. The molecule has 0 bridgehead atoms. The summed E-state index contributed by atoms with van der Waals surface area (Å²) in [6.07, 6.45) is 0. The van der Waals surface area contributed by atoms with Crippen molar-refractivity contribution < 1.29 is 4.74 Å². The normalized spacial score (nSPS) is 12.2. The zero-order chi connectivity index (χ0) is 18.0. The van der Waals surface area contributed by atoms with Gasteiger partial charge in [0, 0.05) is 12.2 Å². The second-order valence-electron chi connectivity index (χ2n) is 7.03. The summed E-state index contributed by atoms with van der Waals surface area (Å²) >= 11 is 0. The summed E-state index contributed by atoms with van der Waals surface area (Å²) in [5, 5.41) is 6.13. The number of aryl methyl sites for hydroxylation is 3. The van der Waals surface area contributed by atoms with Gasteiger partial charge < -0.3 is 10.1 Å². The van der Waals surface area contributed by atoms with Crippen LogP contribution in [0.2, 0.25) is 0 Å². The van der Waals surface area contributed by atoms with Gasteiger partial charge in [0.25, 0.3) is 0 Å². The van der Waals surface area contributed by atoms with Crippen LogP contribution in [0.4, 0.5) is 5.69 Å². The molecular weight excluding hydrogens is 306 g/mol. The maximum absolute atomic E-state index is 5.31. The molecule has 2 nitrogen and oxygen atoms in total. The fourth-order valence-corrected chi connectivity index (χ4v) is 3.51. The van der Waals surface area contributed by atoms with Crippen molar-refractivity contribution in [1.82, 2.24) is 0 Å². The molecule has 0 saturated heterocycles. The van der Waals surface area contributed by atoms with E-state index in [1.807, 2.05) is 6.07 Å². The molecular formula is C23H27NO. The summed E-state index contributed by atoms with van der Waals surface area (Å²) in [6, 6.07) is 17.4. The Morgan fingerprint density at radius 2 is 1.52 bits per heavy atom. The lowest BCUT2D eigenvalue weighted by Gasteiger charge is -2.18. The van der Waals surface area contributed by atoms with Gasteiger partial charge in [-0.05, 0) is 66.3 Å². The number of anilines is 1. The van der Waals surface area contributed by atoms with Gasteiger partial charge in [0.1, 0.15) is 5.75 Å². The van der Waals surface area contributed by atoms with E-state index >= 15 is 0 Å². The Hall–Kier alpha value is -2.48. The van der Waals surface area contributed by atoms with Crippen LogP contribution in [-0.4, -0.2) is 13.7 Å². The number of hydrogen-bond donors (Lipinski definition) is 1. The van der Waals surface area contributed by atoms with E-state index in [2.05, 4.69) is 75.5 Å². The maximum Gasteiger partial charge on any atom is 0.119 e. The molecule has 0 heterocycles. The van der Waals surface area contributed by atoms with Gasteiger partial charge in [0.15, 0.2) is 0 Å². The molecule has 130 valence electrons. The van der Waals surface area contributed by atoms with Crippen molar-refractivity contribution in [2.24, 2.45) is 0 Å². The van der Waals surface area contributed by atoms with Gasteiger partial charge in [0.05, 0.1) is 7.11 Å². The Balaban J connectivity index is 1.77. The monoisotopic (exact) mass is 333 g/mol. The summed E-state index contributed by atoms with van der Waals surface area (Å²) in [5.41, 5.74) is 6.57. The van der Waals surface area contributed by atoms with Crippen LogP contribution in [0.1, 0.15) is 35.1 Å². The minimum atomic E-state index is 0.437. The molecule has 3 rings (SSSR count). The Kier molecular flexibility index (Phi) is 4.98. The average molecular weight is 333 g/mol. The van der Waals surface area contributed by atoms with Crippen molar-refractivity contribution in [3.05, 3.63) is 70.8 Å². The SMILES string of the molecule is COc1ccc2cc(C(C)CNc3c(C)cc(C)cc3C)ccc2c1. The van der Waals surface area contributed by atoms with Gasteiger partial charge in [-0.15, -0.1) is 0 Å². The van der Waals surface area contributed by atoms with E-state index in [4.69, 9.17) is 4.74 Å². The van der Waals surface area contributed by atoms with E-state index in [-0.39, 0.29) is 0 Å². The largest absolute Gasteiger partial charge is 0.497 e. The van der Waals surface area contributed by atoms with E-state index in [1.165, 1.54) is 38.7 Å². The smallest absolute Gasteiger partial charge is 0.119 e. The third kappa shape index (κ3) is 3.79. The summed E-state index contributed by atoms with van der Waals surface area (Å²) in [6.45, 7) is 9.70. The molecule has 3 aromatic carbocycles. The second kappa shape index (κ2) is 7.18. The number of benzene rings is 3. The predicted octanol–water partition coefficient (Wildman–Crippen LogP) is 5.99. The molecule has 1 N–H and O–H groups in total. The molecule has 0 fully saturated rings. The maximum atomic E-state index is 5.31. The van der Waals surface area contributed by atoms with Crippen LogP contribution in [0.3, 0.4) is 0 Å². The standard InChI is InChI=1S/C23H27NO/c1-15-10-16(2)23(17(3)11-15)24-14-18(4)19-6-7-21-13-22(25-5)9-8-20(21)12-19/h6-13,18,24H,14H2,1-5H3. The molecule has 0 aliphatic rings. The minimum absolute atomic E-state index is 0.437. The molecule has 0 radical (unpaired) electrons. The highest BCUT2D eigenvalue weighted by atomic mass is 16.5. The quantitative estimate of drug-likeness (QED) is 0.619. The minimum Gasteiger partial charge on any atom is -0.497 e. The summed E-state index contributed by atoms with van der Waals surface area (Å²) in [7, 11) is 1.71. The Bertz CT molecular complexity index is 875. The van der Waals surface area contributed by atoms with Gasteiger partial charge in [0.2, 0.25) is 0 Å². The highest BCUT2D eigenvalue weighted by molar-refractivity contribution is 5.84. The van der Waals surface area contributed by atoms with Crippen LogP contribution in [0.5, 0.6) is 5.75 Å². The summed E-state index contributed by atoms with van der Waals surface area (Å²) in [4.78, 5) is 0. The number of fused-ring (bicyclic) bond motifs is 1. The first kappa shape index (κ1) is 17.3. The van der Waals surface area contributed by atoms with Crippen molar-refractivity contribution >= 4 is 16.5 Å². The van der Waals surface area contributed by atoms with Gasteiger partial charge >= 0.3 is 0 Å². The number of hydrogen-bond acceptors (Lipinski definition) is 2. The van der Waals surface area contributed by atoms with E-state index in [0.29, 0.717) is 5.92 Å². The van der Waals surface area contributed by atoms with Crippen molar-refractivity contribution in [2.75, 3.05) is 19.0 Å². The lowest BCUT2D eigenvalue weighted by molar-refractivity contribution is 0.415. The third-order valence-corrected chi connectivity index (χ3v) is 4.90. The van der Waals surface area contributed by atoms with E-state index in [9.17, 15) is 0 Å². The zero-order valence-electron chi connectivity index (χ0n) is 15.8. The van der Waals surface area contributed by atoms with Crippen molar-refractivity contribution in [3.63, 3.8) is 0 Å². The molecule has 25 heavy (non-hydrogen) atoms. The lowest BCUT2D eigenvalue weighted by atomic mass is 9.97. The number of methoxy groups -OCH3 is 1. The topological polar surface area (TPSA) is 21.3 Å². The third-order valence-electron chi connectivity index (χ3n) is 4.90. The summed E-state index contributed by atoms with van der Waals surface area (Å²) < 4.78 is 5.31. The first-order valence-electron chi connectivity index (χ1n) is 8.87. The molecule has 0 aliphatic heterocycles. The highest BCUT2D eigenvalue weighted by Gasteiger charge is 2.09. The fourth-order valence-electron chi connectivity index (χ4n) is 3.51. The molecule has 1 atom stereocenters.